The molecule has 24 heavy (non-hydrogen) atoms. The molecule has 126 valence electrons. The van der Waals surface area contributed by atoms with Gasteiger partial charge in [0, 0.05) is 18.3 Å². The highest BCUT2D eigenvalue weighted by Crippen LogP contribution is 2.34. The molecule has 0 radical (unpaired) electrons. The fourth-order valence-corrected chi connectivity index (χ4v) is 3.61. The monoisotopic (exact) mass is 328 g/mol. The van der Waals surface area contributed by atoms with Crippen molar-refractivity contribution in [1.82, 2.24) is 9.88 Å². The molecule has 6 heteroatoms. The van der Waals surface area contributed by atoms with Gasteiger partial charge in [0.05, 0.1) is 25.1 Å². The van der Waals surface area contributed by atoms with E-state index in [4.69, 9.17) is 13.9 Å². The Morgan fingerprint density at radius 3 is 3.04 bits per heavy atom. The largest absolute Gasteiger partial charge is 0.486 e. The van der Waals surface area contributed by atoms with E-state index in [0.717, 1.165) is 24.2 Å². The van der Waals surface area contributed by atoms with Crippen molar-refractivity contribution in [3.8, 4) is 5.75 Å². The molecule has 1 aliphatic heterocycles. The van der Waals surface area contributed by atoms with Crippen molar-refractivity contribution in [1.29, 1.82) is 0 Å². The van der Waals surface area contributed by atoms with Crippen molar-refractivity contribution in [2.75, 3.05) is 13.2 Å². The van der Waals surface area contributed by atoms with Gasteiger partial charge in [0.25, 0.3) is 5.91 Å². The second kappa shape index (κ2) is 6.28. The van der Waals surface area contributed by atoms with Gasteiger partial charge in [0.1, 0.15) is 18.0 Å². The number of carbonyl (C=O) groups excluding carboxylic acids is 1. The lowest BCUT2D eigenvalue weighted by molar-refractivity contribution is -0.0792. The average molecular weight is 328 g/mol. The summed E-state index contributed by atoms with van der Waals surface area (Å²) in [5.41, 5.74) is 0.865. The third-order valence-corrected chi connectivity index (χ3v) is 4.77. The normalized spacial score (nSPS) is 26.2. The summed E-state index contributed by atoms with van der Waals surface area (Å²) in [6.07, 6.45) is 6.51. The van der Waals surface area contributed by atoms with E-state index in [0.29, 0.717) is 18.9 Å². The molecule has 1 aliphatic carbocycles. The molecule has 0 unspecified atom stereocenters. The summed E-state index contributed by atoms with van der Waals surface area (Å²) >= 11 is 0. The van der Waals surface area contributed by atoms with Gasteiger partial charge in [-0.25, -0.2) is 0 Å². The predicted octanol–water partition coefficient (Wildman–Crippen LogP) is 2.43. The number of pyridine rings is 1. The van der Waals surface area contributed by atoms with Gasteiger partial charge in [-0.15, -0.1) is 0 Å². The van der Waals surface area contributed by atoms with Crippen LogP contribution in [0, 0.1) is 6.92 Å². The van der Waals surface area contributed by atoms with Crippen LogP contribution in [-0.2, 0) is 4.74 Å². The maximum atomic E-state index is 12.8. The van der Waals surface area contributed by atoms with E-state index in [1.165, 1.54) is 0 Å². The first kappa shape index (κ1) is 15.2. The summed E-state index contributed by atoms with van der Waals surface area (Å²) in [6.45, 7) is 2.98. The first-order valence-corrected chi connectivity index (χ1v) is 8.27. The predicted molar refractivity (Wildman–Crippen MR) is 85.9 cm³/mol. The molecule has 6 nitrogen and oxygen atoms in total. The van der Waals surface area contributed by atoms with Crippen LogP contribution in [0.3, 0.4) is 0 Å². The SMILES string of the molecule is Cc1ccoc1C(=O)N1CCO[C@H]2[C@H]1CC[C@H]2Oc1cccnc1. The summed E-state index contributed by atoms with van der Waals surface area (Å²) in [7, 11) is 0. The number of aryl methyl sites for hydroxylation is 1. The van der Waals surface area contributed by atoms with Crippen LogP contribution in [0.5, 0.6) is 5.75 Å². The molecule has 3 atom stereocenters. The van der Waals surface area contributed by atoms with Gasteiger partial charge in [-0.3, -0.25) is 9.78 Å². The highest BCUT2D eigenvalue weighted by Gasteiger charge is 2.46. The fourth-order valence-electron chi connectivity index (χ4n) is 3.61. The van der Waals surface area contributed by atoms with Crippen LogP contribution in [0.1, 0.15) is 29.0 Å². The molecule has 2 aliphatic rings. The standard InChI is InChI=1S/C18H20N2O4/c1-12-6-9-22-16(12)18(21)20-8-10-23-17-14(20)4-5-15(17)24-13-3-2-7-19-11-13/h2-3,6-7,9,11,14-15,17H,4-5,8,10H2,1H3/t14-,15-,17+/m1/s1. The quantitative estimate of drug-likeness (QED) is 0.866. The van der Waals surface area contributed by atoms with Crippen LogP contribution in [0.2, 0.25) is 0 Å². The molecule has 0 N–H and O–H groups in total. The first-order valence-electron chi connectivity index (χ1n) is 8.27. The van der Waals surface area contributed by atoms with Crippen LogP contribution < -0.4 is 4.74 Å². The van der Waals surface area contributed by atoms with Gasteiger partial charge < -0.3 is 18.8 Å². The van der Waals surface area contributed by atoms with E-state index in [1.807, 2.05) is 30.0 Å². The molecule has 3 heterocycles. The Hall–Kier alpha value is -2.34. The summed E-state index contributed by atoms with van der Waals surface area (Å²) in [6, 6.07) is 5.57. The topological polar surface area (TPSA) is 64.8 Å². The van der Waals surface area contributed by atoms with Crippen molar-refractivity contribution in [2.24, 2.45) is 0 Å². The van der Waals surface area contributed by atoms with Gasteiger partial charge in [0.2, 0.25) is 0 Å². The van der Waals surface area contributed by atoms with Gasteiger partial charge in [-0.05, 0) is 38.0 Å². The Labute approximate surface area is 140 Å². The number of hydrogen-bond donors (Lipinski definition) is 0. The Bertz CT molecular complexity index is 715. The number of furan rings is 1. The molecular weight excluding hydrogens is 308 g/mol. The second-order valence-electron chi connectivity index (χ2n) is 6.26. The first-order chi connectivity index (χ1) is 11.7. The zero-order chi connectivity index (χ0) is 16.5. The van der Waals surface area contributed by atoms with Crippen LogP contribution in [-0.4, -0.2) is 47.2 Å². The lowest BCUT2D eigenvalue weighted by Crippen LogP contribution is -2.54. The molecule has 2 aromatic heterocycles. The minimum atomic E-state index is -0.113. The maximum absolute atomic E-state index is 12.8. The lowest BCUT2D eigenvalue weighted by Gasteiger charge is -2.38. The molecule has 2 fully saturated rings. The molecule has 0 aromatic carbocycles. The van der Waals surface area contributed by atoms with E-state index in [1.54, 1.807) is 18.7 Å². The van der Waals surface area contributed by atoms with Crippen molar-refractivity contribution in [2.45, 2.75) is 38.0 Å². The Morgan fingerprint density at radius 1 is 1.38 bits per heavy atom. The highest BCUT2D eigenvalue weighted by molar-refractivity contribution is 5.93. The molecule has 1 amide bonds. The third-order valence-electron chi connectivity index (χ3n) is 4.77. The van der Waals surface area contributed by atoms with Crippen molar-refractivity contribution in [3.05, 3.63) is 48.2 Å². The van der Waals surface area contributed by atoms with Crippen LogP contribution in [0.25, 0.3) is 0 Å². The highest BCUT2D eigenvalue weighted by atomic mass is 16.5. The minimum Gasteiger partial charge on any atom is -0.486 e. The smallest absolute Gasteiger partial charge is 0.290 e. The zero-order valence-electron chi connectivity index (χ0n) is 13.6. The third kappa shape index (κ3) is 2.67. The summed E-state index contributed by atoms with van der Waals surface area (Å²) in [5.74, 6) is 1.10. The van der Waals surface area contributed by atoms with Crippen molar-refractivity contribution >= 4 is 5.91 Å². The summed E-state index contributed by atoms with van der Waals surface area (Å²) in [5, 5.41) is 0. The average Bonchev–Trinajstić information content (AvgIpc) is 3.22. The molecule has 2 aromatic rings. The van der Waals surface area contributed by atoms with Crippen LogP contribution >= 0.6 is 0 Å². The molecule has 0 bridgehead atoms. The molecule has 1 saturated carbocycles. The fraction of sp³-hybridized carbons (Fsp3) is 0.444. The Kier molecular flexibility index (Phi) is 3.98. The number of aromatic nitrogens is 1. The minimum absolute atomic E-state index is 0.0254. The molecule has 4 rings (SSSR count). The van der Waals surface area contributed by atoms with Crippen LogP contribution in [0.4, 0.5) is 0 Å². The number of amides is 1. The number of nitrogens with zero attached hydrogens (tertiary/aromatic N) is 2. The Balaban J connectivity index is 1.50. The number of ether oxygens (including phenoxy) is 2. The Morgan fingerprint density at radius 2 is 2.29 bits per heavy atom. The van der Waals surface area contributed by atoms with Gasteiger partial charge in [0.15, 0.2) is 5.76 Å². The van der Waals surface area contributed by atoms with E-state index >= 15 is 0 Å². The van der Waals surface area contributed by atoms with Crippen molar-refractivity contribution in [3.63, 3.8) is 0 Å². The summed E-state index contributed by atoms with van der Waals surface area (Å²) in [4.78, 5) is 18.8. The number of hydrogen-bond acceptors (Lipinski definition) is 5. The van der Waals surface area contributed by atoms with Crippen LogP contribution in [0.15, 0.2) is 41.3 Å². The van der Waals surface area contributed by atoms with E-state index in [-0.39, 0.29) is 24.2 Å². The van der Waals surface area contributed by atoms with E-state index in [2.05, 4.69) is 4.98 Å². The van der Waals surface area contributed by atoms with Gasteiger partial charge >= 0.3 is 0 Å². The number of fused-ring (bicyclic) bond motifs is 1. The van der Waals surface area contributed by atoms with Gasteiger partial charge in [-0.2, -0.15) is 0 Å². The van der Waals surface area contributed by atoms with E-state index in [9.17, 15) is 4.79 Å². The lowest BCUT2D eigenvalue weighted by atomic mass is 10.1. The van der Waals surface area contributed by atoms with E-state index < -0.39 is 0 Å². The second-order valence-corrected chi connectivity index (χ2v) is 6.26. The van der Waals surface area contributed by atoms with Crippen molar-refractivity contribution < 1.29 is 18.7 Å². The molecular formula is C18H20N2O4. The molecule has 0 spiro atoms. The van der Waals surface area contributed by atoms with Gasteiger partial charge in [-0.1, -0.05) is 0 Å². The number of carbonyl (C=O) groups is 1. The number of morpholine rings is 1. The zero-order valence-corrected chi connectivity index (χ0v) is 13.6. The number of rotatable bonds is 3. The molecule has 1 saturated heterocycles. The maximum Gasteiger partial charge on any atom is 0.290 e. The summed E-state index contributed by atoms with van der Waals surface area (Å²) < 4.78 is 17.4.